The van der Waals surface area contributed by atoms with Crippen molar-refractivity contribution in [1.82, 2.24) is 9.69 Å². The summed E-state index contributed by atoms with van der Waals surface area (Å²) in [6.07, 6.45) is 2.55. The summed E-state index contributed by atoms with van der Waals surface area (Å²) in [5, 5.41) is 3.84. The molecule has 2 nitrogen and oxygen atoms in total. The highest BCUT2D eigenvalue weighted by molar-refractivity contribution is 7.06. The molecule has 1 aliphatic carbocycles. The normalized spacial score (nSPS) is 15.0. The van der Waals surface area contributed by atoms with E-state index in [0.717, 1.165) is 17.8 Å². The lowest BCUT2D eigenvalue weighted by molar-refractivity contribution is 0.628. The Morgan fingerprint density at radius 2 is 2.22 bits per heavy atom. The quantitative estimate of drug-likeness (QED) is 0.921. The number of nitrogens with one attached hydrogen (secondary N) is 1. The van der Waals surface area contributed by atoms with E-state index >= 15 is 0 Å². The molecule has 0 radical (unpaired) electrons. The molecule has 3 rings (SSSR count). The fraction of sp³-hybridized carbons (Fsp3) is 0.308. The summed E-state index contributed by atoms with van der Waals surface area (Å²) in [7, 11) is 0. The van der Waals surface area contributed by atoms with E-state index in [1.807, 2.05) is 6.07 Å². The number of rotatable bonds is 4. The fourth-order valence-electron chi connectivity index (χ4n) is 1.75. The summed E-state index contributed by atoms with van der Waals surface area (Å²) in [6, 6.07) is 7.09. The average molecular weight is 283 g/mol. The van der Waals surface area contributed by atoms with Gasteiger partial charge in [0.15, 0.2) is 0 Å². The Morgan fingerprint density at radius 1 is 1.39 bits per heavy atom. The maximum Gasteiger partial charge on any atom is 0.124 e. The van der Waals surface area contributed by atoms with Crippen molar-refractivity contribution in [3.05, 3.63) is 40.0 Å². The van der Waals surface area contributed by atoms with Crippen LogP contribution in [0.5, 0.6) is 0 Å². The molecule has 94 valence electrons. The molecular formula is C13H12ClFN2S. The van der Waals surface area contributed by atoms with Crippen LogP contribution in [0.25, 0.3) is 11.3 Å². The van der Waals surface area contributed by atoms with E-state index in [9.17, 15) is 4.39 Å². The van der Waals surface area contributed by atoms with Crippen LogP contribution < -0.4 is 5.32 Å². The zero-order valence-corrected chi connectivity index (χ0v) is 11.2. The third-order valence-electron chi connectivity index (χ3n) is 2.91. The maximum atomic E-state index is 13.0. The van der Waals surface area contributed by atoms with Gasteiger partial charge in [-0.2, -0.15) is 4.37 Å². The number of benzene rings is 1. The second-order valence-electron chi connectivity index (χ2n) is 4.46. The lowest BCUT2D eigenvalue weighted by Crippen LogP contribution is -2.14. The van der Waals surface area contributed by atoms with Gasteiger partial charge in [-0.15, -0.1) is 0 Å². The van der Waals surface area contributed by atoms with E-state index < -0.39 is 0 Å². The van der Waals surface area contributed by atoms with Crippen molar-refractivity contribution in [2.45, 2.75) is 25.4 Å². The van der Waals surface area contributed by atoms with Gasteiger partial charge in [0, 0.05) is 23.0 Å². The smallest absolute Gasteiger partial charge is 0.124 e. The molecule has 1 aliphatic rings. The number of halogens is 2. The van der Waals surface area contributed by atoms with Gasteiger partial charge in [0.25, 0.3) is 0 Å². The molecule has 0 spiro atoms. The lowest BCUT2D eigenvalue weighted by atomic mass is 10.1. The first-order chi connectivity index (χ1) is 8.72. The first-order valence-electron chi connectivity index (χ1n) is 5.87. The van der Waals surface area contributed by atoms with Gasteiger partial charge in [0.05, 0.1) is 10.7 Å². The van der Waals surface area contributed by atoms with E-state index in [1.165, 1.54) is 41.4 Å². The Hall–Kier alpha value is -0.970. The van der Waals surface area contributed by atoms with E-state index in [0.29, 0.717) is 11.1 Å². The molecule has 0 unspecified atom stereocenters. The average Bonchev–Trinajstić information content (AvgIpc) is 3.05. The third-order valence-corrected chi connectivity index (χ3v) is 4.01. The standard InChI is InChI=1S/C13H12ClFN2S/c14-12-5-8(15)1-4-11(12)13-6-10(18-17-13)7-16-9-2-3-9/h1,4-6,9,16H,2-3,7H2. The van der Waals surface area contributed by atoms with Crippen LogP contribution in [-0.4, -0.2) is 10.4 Å². The maximum absolute atomic E-state index is 13.0. The van der Waals surface area contributed by atoms with Gasteiger partial charge in [-0.1, -0.05) is 11.6 Å². The molecule has 0 bridgehead atoms. The van der Waals surface area contributed by atoms with Crippen molar-refractivity contribution in [1.29, 1.82) is 0 Å². The SMILES string of the molecule is Fc1ccc(-c2cc(CNC3CC3)sn2)c(Cl)c1. The van der Waals surface area contributed by atoms with Gasteiger partial charge in [-0.05, 0) is 48.6 Å². The molecule has 0 saturated heterocycles. The topological polar surface area (TPSA) is 24.9 Å². The van der Waals surface area contributed by atoms with Gasteiger partial charge in [0.1, 0.15) is 5.82 Å². The van der Waals surface area contributed by atoms with Gasteiger partial charge in [-0.3, -0.25) is 0 Å². The molecule has 1 N–H and O–H groups in total. The molecule has 5 heteroatoms. The minimum atomic E-state index is -0.324. The predicted octanol–water partition coefficient (Wildman–Crippen LogP) is 3.85. The Labute approximate surface area is 114 Å². The van der Waals surface area contributed by atoms with E-state index in [-0.39, 0.29) is 5.82 Å². The van der Waals surface area contributed by atoms with Crippen molar-refractivity contribution in [3.8, 4) is 11.3 Å². The van der Waals surface area contributed by atoms with Crippen molar-refractivity contribution < 1.29 is 4.39 Å². The van der Waals surface area contributed by atoms with Gasteiger partial charge in [0.2, 0.25) is 0 Å². The second kappa shape index (κ2) is 4.96. The van der Waals surface area contributed by atoms with E-state index in [2.05, 4.69) is 9.69 Å². The lowest BCUT2D eigenvalue weighted by Gasteiger charge is -2.00. The van der Waals surface area contributed by atoms with Crippen molar-refractivity contribution in [2.24, 2.45) is 0 Å². The predicted molar refractivity (Wildman–Crippen MR) is 72.4 cm³/mol. The van der Waals surface area contributed by atoms with Crippen molar-refractivity contribution in [2.75, 3.05) is 0 Å². The number of aromatic nitrogens is 1. The second-order valence-corrected chi connectivity index (χ2v) is 5.75. The highest BCUT2D eigenvalue weighted by Crippen LogP contribution is 2.29. The first kappa shape index (κ1) is 12.1. The van der Waals surface area contributed by atoms with E-state index in [4.69, 9.17) is 11.6 Å². The van der Waals surface area contributed by atoms with Crippen LogP contribution in [0.4, 0.5) is 4.39 Å². The zero-order chi connectivity index (χ0) is 12.5. The number of hydrogen-bond donors (Lipinski definition) is 1. The van der Waals surface area contributed by atoms with Crippen LogP contribution in [0, 0.1) is 5.82 Å². The van der Waals surface area contributed by atoms with Crippen LogP contribution in [-0.2, 0) is 6.54 Å². The van der Waals surface area contributed by atoms with Crippen LogP contribution in [0.2, 0.25) is 5.02 Å². The largest absolute Gasteiger partial charge is 0.309 e. The van der Waals surface area contributed by atoms with Crippen LogP contribution in [0.3, 0.4) is 0 Å². The first-order valence-corrected chi connectivity index (χ1v) is 7.02. The van der Waals surface area contributed by atoms with Crippen LogP contribution in [0.15, 0.2) is 24.3 Å². The molecule has 1 saturated carbocycles. The molecule has 1 aromatic heterocycles. The Morgan fingerprint density at radius 3 is 2.94 bits per heavy atom. The third kappa shape index (κ3) is 2.71. The monoisotopic (exact) mass is 282 g/mol. The van der Waals surface area contributed by atoms with Crippen molar-refractivity contribution >= 4 is 23.1 Å². The molecule has 18 heavy (non-hydrogen) atoms. The Kier molecular flexibility index (Phi) is 3.33. The summed E-state index contributed by atoms with van der Waals surface area (Å²) < 4.78 is 17.3. The summed E-state index contributed by atoms with van der Waals surface area (Å²) >= 11 is 7.48. The minimum Gasteiger partial charge on any atom is -0.309 e. The molecule has 1 heterocycles. The molecule has 0 aliphatic heterocycles. The fourth-order valence-corrected chi connectivity index (χ4v) is 2.70. The van der Waals surface area contributed by atoms with Gasteiger partial charge in [-0.25, -0.2) is 4.39 Å². The number of nitrogens with zero attached hydrogens (tertiary/aromatic N) is 1. The van der Waals surface area contributed by atoms with Crippen LogP contribution in [0.1, 0.15) is 17.7 Å². The summed E-state index contributed by atoms with van der Waals surface area (Å²) in [6.45, 7) is 0.848. The zero-order valence-electron chi connectivity index (χ0n) is 9.62. The van der Waals surface area contributed by atoms with Crippen LogP contribution >= 0.6 is 23.1 Å². The highest BCUT2D eigenvalue weighted by atomic mass is 35.5. The summed E-state index contributed by atoms with van der Waals surface area (Å²) in [5.74, 6) is -0.324. The molecule has 0 atom stereocenters. The number of hydrogen-bond acceptors (Lipinski definition) is 3. The molecule has 1 aromatic carbocycles. The summed E-state index contributed by atoms with van der Waals surface area (Å²) in [4.78, 5) is 1.18. The Balaban J connectivity index is 1.78. The van der Waals surface area contributed by atoms with E-state index in [1.54, 1.807) is 6.07 Å². The van der Waals surface area contributed by atoms with Crippen molar-refractivity contribution in [3.63, 3.8) is 0 Å². The minimum absolute atomic E-state index is 0.324. The highest BCUT2D eigenvalue weighted by Gasteiger charge is 2.20. The van der Waals surface area contributed by atoms with Gasteiger partial charge < -0.3 is 5.32 Å². The molecule has 0 amide bonds. The molecular weight excluding hydrogens is 271 g/mol. The molecule has 2 aromatic rings. The summed E-state index contributed by atoms with van der Waals surface area (Å²) in [5.41, 5.74) is 1.60. The van der Waals surface area contributed by atoms with Gasteiger partial charge >= 0.3 is 0 Å². The Bertz CT molecular complexity index is 566. The molecule has 1 fully saturated rings.